The number of nitrogens with one attached hydrogen (secondary N) is 2. The first-order chi connectivity index (χ1) is 13.4. The largest absolute Gasteiger partial charge is 0.325 e. The number of para-hydroxylation sites is 1. The summed E-state index contributed by atoms with van der Waals surface area (Å²) in [6.07, 6.45) is 0. The van der Waals surface area contributed by atoms with E-state index < -0.39 is 35.7 Å². The highest BCUT2D eigenvalue weighted by Gasteiger charge is 2.49. The normalized spacial score (nSPS) is 19.1. The Morgan fingerprint density at radius 3 is 2.64 bits per heavy atom. The number of halogens is 1. The number of hydrogen-bond donors (Lipinski definition) is 2. The monoisotopic (exact) mass is 398 g/mol. The summed E-state index contributed by atoms with van der Waals surface area (Å²) in [5.41, 5.74) is -0.177. The van der Waals surface area contributed by atoms with E-state index in [0.717, 1.165) is 15.1 Å². The first-order valence-electron chi connectivity index (χ1n) is 8.42. The molecule has 1 fully saturated rings. The van der Waals surface area contributed by atoms with E-state index in [9.17, 15) is 18.8 Å². The molecule has 0 spiro atoms. The summed E-state index contributed by atoms with van der Waals surface area (Å²) in [6, 6.07) is 12.0. The van der Waals surface area contributed by atoms with Crippen molar-refractivity contribution in [2.24, 2.45) is 0 Å². The topological polar surface area (TPSA) is 91.4 Å². The maximum atomic E-state index is 13.2. The molecule has 0 saturated carbocycles. The first kappa shape index (κ1) is 18.1. The molecule has 0 radical (unpaired) electrons. The second kappa shape index (κ2) is 6.68. The van der Waals surface area contributed by atoms with Crippen LogP contribution in [0.4, 0.5) is 14.3 Å². The SMILES string of the molecule is CC1(c2ccc(F)cc2)NC(=O)N(CC(=O)Nc2nc3ccccc3s2)C1=O. The van der Waals surface area contributed by atoms with Crippen LogP contribution in [0.2, 0.25) is 0 Å². The first-order valence-corrected chi connectivity index (χ1v) is 9.24. The van der Waals surface area contributed by atoms with Gasteiger partial charge in [-0.25, -0.2) is 14.2 Å². The van der Waals surface area contributed by atoms with Gasteiger partial charge < -0.3 is 10.6 Å². The molecule has 28 heavy (non-hydrogen) atoms. The average molecular weight is 398 g/mol. The molecule has 0 aliphatic carbocycles. The predicted molar refractivity (Wildman–Crippen MR) is 102 cm³/mol. The molecule has 2 heterocycles. The van der Waals surface area contributed by atoms with E-state index in [0.29, 0.717) is 10.7 Å². The second-order valence-corrected chi connectivity index (χ2v) is 7.52. The lowest BCUT2D eigenvalue weighted by atomic mass is 9.92. The molecule has 0 bridgehead atoms. The van der Waals surface area contributed by atoms with E-state index >= 15 is 0 Å². The van der Waals surface area contributed by atoms with Crippen molar-refractivity contribution in [1.82, 2.24) is 15.2 Å². The van der Waals surface area contributed by atoms with Gasteiger partial charge in [-0.2, -0.15) is 0 Å². The van der Waals surface area contributed by atoms with Crippen molar-refractivity contribution in [2.45, 2.75) is 12.5 Å². The van der Waals surface area contributed by atoms with Crippen LogP contribution in [0.25, 0.3) is 10.2 Å². The molecule has 1 saturated heterocycles. The molecule has 9 heteroatoms. The third-order valence-electron chi connectivity index (χ3n) is 4.54. The van der Waals surface area contributed by atoms with Gasteiger partial charge in [0.2, 0.25) is 5.91 Å². The van der Waals surface area contributed by atoms with E-state index in [4.69, 9.17) is 0 Å². The van der Waals surface area contributed by atoms with Gasteiger partial charge in [0.05, 0.1) is 10.2 Å². The van der Waals surface area contributed by atoms with Gasteiger partial charge in [-0.15, -0.1) is 0 Å². The average Bonchev–Trinajstić information content (AvgIpc) is 3.16. The molecule has 142 valence electrons. The number of aromatic nitrogens is 1. The minimum atomic E-state index is -1.36. The van der Waals surface area contributed by atoms with Crippen LogP contribution in [0, 0.1) is 5.82 Å². The fraction of sp³-hybridized carbons (Fsp3) is 0.158. The standard InChI is InChI=1S/C19H15FN4O3S/c1-19(11-6-8-12(20)9-7-11)16(26)24(18(27)23-19)10-15(25)22-17-21-13-4-2-3-5-14(13)28-17/h2-9H,10H2,1H3,(H,23,27)(H,21,22,25). The fourth-order valence-electron chi connectivity index (χ4n) is 3.05. The Labute approximate surface area is 163 Å². The van der Waals surface area contributed by atoms with Crippen molar-refractivity contribution in [3.05, 3.63) is 59.9 Å². The number of thiazole rings is 1. The summed E-state index contributed by atoms with van der Waals surface area (Å²) in [5, 5.41) is 5.59. The lowest BCUT2D eigenvalue weighted by Crippen LogP contribution is -2.42. The number of amides is 4. The molecule has 1 aliphatic heterocycles. The lowest BCUT2D eigenvalue weighted by Gasteiger charge is -2.22. The van der Waals surface area contributed by atoms with Gasteiger partial charge in [0.25, 0.3) is 5.91 Å². The zero-order valence-corrected chi connectivity index (χ0v) is 15.5. The van der Waals surface area contributed by atoms with Crippen molar-refractivity contribution < 1.29 is 18.8 Å². The van der Waals surface area contributed by atoms with E-state index in [2.05, 4.69) is 15.6 Å². The van der Waals surface area contributed by atoms with Crippen molar-refractivity contribution in [1.29, 1.82) is 0 Å². The maximum Gasteiger partial charge on any atom is 0.325 e. The molecule has 1 atom stereocenters. The van der Waals surface area contributed by atoms with Gasteiger partial charge in [-0.1, -0.05) is 35.6 Å². The van der Waals surface area contributed by atoms with Crippen LogP contribution >= 0.6 is 11.3 Å². The fourth-order valence-corrected chi connectivity index (χ4v) is 3.93. The van der Waals surface area contributed by atoms with Gasteiger partial charge >= 0.3 is 6.03 Å². The summed E-state index contributed by atoms with van der Waals surface area (Å²) < 4.78 is 14.1. The number of rotatable bonds is 4. The molecular weight excluding hydrogens is 383 g/mol. The van der Waals surface area contributed by atoms with Crippen molar-refractivity contribution in [2.75, 3.05) is 11.9 Å². The number of fused-ring (bicyclic) bond motifs is 1. The maximum absolute atomic E-state index is 13.2. The highest BCUT2D eigenvalue weighted by atomic mass is 32.1. The third-order valence-corrected chi connectivity index (χ3v) is 5.49. The number of carbonyl (C=O) groups is 3. The van der Waals surface area contributed by atoms with Crippen LogP contribution in [0.15, 0.2) is 48.5 Å². The van der Waals surface area contributed by atoms with Crippen molar-refractivity contribution in [3.63, 3.8) is 0 Å². The molecule has 1 unspecified atom stereocenters. The molecule has 2 aromatic carbocycles. The van der Waals surface area contributed by atoms with Crippen LogP contribution in [-0.4, -0.2) is 34.3 Å². The quantitative estimate of drug-likeness (QED) is 0.661. The third kappa shape index (κ3) is 3.09. The zero-order valence-electron chi connectivity index (χ0n) is 14.7. The summed E-state index contributed by atoms with van der Waals surface area (Å²) in [4.78, 5) is 42.6. The van der Waals surface area contributed by atoms with Gasteiger partial charge in [-0.05, 0) is 36.8 Å². The van der Waals surface area contributed by atoms with E-state index in [1.165, 1.54) is 42.5 Å². The molecule has 4 amide bonds. The number of urea groups is 1. The zero-order chi connectivity index (χ0) is 19.9. The minimum absolute atomic E-state index is 0.388. The van der Waals surface area contributed by atoms with Crippen molar-refractivity contribution >= 4 is 44.5 Å². The number of imide groups is 1. The molecule has 1 aliphatic rings. The van der Waals surface area contributed by atoms with Gasteiger partial charge in [0.15, 0.2) is 5.13 Å². The van der Waals surface area contributed by atoms with Crippen LogP contribution in [-0.2, 0) is 15.1 Å². The van der Waals surface area contributed by atoms with Crippen LogP contribution in [0.3, 0.4) is 0 Å². The number of nitrogens with zero attached hydrogens (tertiary/aromatic N) is 2. The van der Waals surface area contributed by atoms with Crippen molar-refractivity contribution in [3.8, 4) is 0 Å². The van der Waals surface area contributed by atoms with Gasteiger partial charge in [-0.3, -0.25) is 14.5 Å². The Kier molecular flexibility index (Phi) is 4.31. The highest BCUT2D eigenvalue weighted by Crippen LogP contribution is 2.29. The minimum Gasteiger partial charge on any atom is -0.319 e. The van der Waals surface area contributed by atoms with Gasteiger partial charge in [0, 0.05) is 0 Å². The Bertz CT molecular complexity index is 1070. The Morgan fingerprint density at radius 1 is 1.21 bits per heavy atom. The Balaban J connectivity index is 1.49. The van der Waals surface area contributed by atoms with E-state index in [1.807, 2.05) is 24.3 Å². The molecule has 2 N–H and O–H groups in total. The second-order valence-electron chi connectivity index (χ2n) is 6.49. The molecule has 7 nitrogen and oxygen atoms in total. The molecule has 3 aromatic rings. The van der Waals surface area contributed by atoms with E-state index in [1.54, 1.807) is 0 Å². The lowest BCUT2D eigenvalue weighted by molar-refractivity contribution is -0.133. The number of carbonyl (C=O) groups excluding carboxylic acids is 3. The molecular formula is C19H15FN4O3S. The highest BCUT2D eigenvalue weighted by molar-refractivity contribution is 7.22. The van der Waals surface area contributed by atoms with Gasteiger partial charge in [0.1, 0.15) is 17.9 Å². The number of anilines is 1. The summed E-state index contributed by atoms with van der Waals surface area (Å²) >= 11 is 1.30. The Hall–Kier alpha value is -3.33. The predicted octanol–water partition coefficient (Wildman–Crippen LogP) is 2.84. The number of benzene rings is 2. The summed E-state index contributed by atoms with van der Waals surface area (Å²) in [6.45, 7) is 1.07. The summed E-state index contributed by atoms with van der Waals surface area (Å²) in [7, 11) is 0. The molecule has 4 rings (SSSR count). The van der Waals surface area contributed by atoms with Crippen LogP contribution < -0.4 is 10.6 Å². The smallest absolute Gasteiger partial charge is 0.319 e. The molecule has 1 aromatic heterocycles. The van der Waals surface area contributed by atoms with Crippen LogP contribution in [0.5, 0.6) is 0 Å². The number of hydrogen-bond acceptors (Lipinski definition) is 5. The Morgan fingerprint density at radius 2 is 1.93 bits per heavy atom. The van der Waals surface area contributed by atoms with Crippen LogP contribution in [0.1, 0.15) is 12.5 Å². The summed E-state index contributed by atoms with van der Waals surface area (Å²) in [5.74, 6) is -1.56. The van der Waals surface area contributed by atoms with E-state index in [-0.39, 0.29) is 0 Å².